The van der Waals surface area contributed by atoms with Gasteiger partial charge in [-0.25, -0.2) is 4.68 Å². The highest BCUT2D eigenvalue weighted by atomic mass is 16.5. The minimum atomic E-state index is -0.716. The van der Waals surface area contributed by atoms with Gasteiger partial charge in [0, 0.05) is 11.8 Å². The summed E-state index contributed by atoms with van der Waals surface area (Å²) in [6.45, 7) is 0.329. The van der Waals surface area contributed by atoms with E-state index in [-0.39, 0.29) is 0 Å². The first-order chi connectivity index (χ1) is 10.3. The molecule has 3 rings (SSSR count). The molecule has 0 fully saturated rings. The number of aliphatic hydroxyl groups excluding tert-OH is 1. The van der Waals surface area contributed by atoms with Gasteiger partial charge in [0.1, 0.15) is 17.6 Å². The van der Waals surface area contributed by atoms with Gasteiger partial charge in [0.2, 0.25) is 0 Å². The molecule has 0 aliphatic heterocycles. The van der Waals surface area contributed by atoms with E-state index in [2.05, 4.69) is 10.3 Å². The van der Waals surface area contributed by atoms with Crippen molar-refractivity contribution in [2.45, 2.75) is 12.6 Å². The van der Waals surface area contributed by atoms with E-state index in [4.69, 9.17) is 4.74 Å². The molecule has 3 aromatic rings. The Morgan fingerprint density at radius 2 is 1.81 bits per heavy atom. The van der Waals surface area contributed by atoms with Crippen LogP contribution in [0.3, 0.4) is 0 Å². The molecule has 0 aliphatic rings. The Bertz CT molecular complexity index is 684. The molecule has 0 bridgehead atoms. The monoisotopic (exact) mass is 281 g/mol. The fraction of sp³-hybridized carbons (Fsp3) is 0.125. The second-order valence-electron chi connectivity index (χ2n) is 4.59. The summed E-state index contributed by atoms with van der Waals surface area (Å²) in [6, 6.07) is 16.9. The van der Waals surface area contributed by atoms with Crippen molar-refractivity contribution in [3.63, 3.8) is 0 Å². The van der Waals surface area contributed by atoms with E-state index in [0.29, 0.717) is 12.3 Å². The van der Waals surface area contributed by atoms with Gasteiger partial charge in [0.05, 0.1) is 12.7 Å². The van der Waals surface area contributed by atoms with Crippen molar-refractivity contribution in [2.75, 3.05) is 0 Å². The minimum Gasteiger partial charge on any atom is -0.457 e. The van der Waals surface area contributed by atoms with Crippen LogP contribution in [0.5, 0.6) is 11.5 Å². The average Bonchev–Trinajstić information content (AvgIpc) is 3.02. The van der Waals surface area contributed by atoms with Crippen LogP contribution in [0.15, 0.2) is 67.0 Å². The van der Waals surface area contributed by atoms with Gasteiger partial charge in [0.25, 0.3) is 0 Å². The minimum absolute atomic E-state index is 0.329. The van der Waals surface area contributed by atoms with E-state index in [9.17, 15) is 5.11 Å². The highest BCUT2D eigenvalue weighted by molar-refractivity contribution is 5.39. The second kappa shape index (κ2) is 6.19. The van der Waals surface area contributed by atoms with Gasteiger partial charge in [-0.05, 0) is 18.2 Å². The summed E-state index contributed by atoms with van der Waals surface area (Å²) < 4.78 is 7.43. The molecule has 1 N–H and O–H groups in total. The summed E-state index contributed by atoms with van der Waals surface area (Å²) in [4.78, 5) is 0. The van der Waals surface area contributed by atoms with Crippen LogP contribution in [0, 0.1) is 0 Å². The van der Waals surface area contributed by atoms with E-state index in [0.717, 1.165) is 11.3 Å². The lowest BCUT2D eigenvalue weighted by molar-refractivity contribution is 0.148. The Hall–Kier alpha value is -2.66. The molecule has 1 aromatic heterocycles. The average molecular weight is 281 g/mol. The number of hydrogen-bond acceptors (Lipinski definition) is 4. The van der Waals surface area contributed by atoms with Gasteiger partial charge >= 0.3 is 0 Å². The van der Waals surface area contributed by atoms with E-state index in [1.165, 1.54) is 0 Å². The molecule has 1 heterocycles. The molecular weight excluding hydrogens is 266 g/mol. The molecule has 21 heavy (non-hydrogen) atoms. The summed E-state index contributed by atoms with van der Waals surface area (Å²) in [5, 5.41) is 18.0. The van der Waals surface area contributed by atoms with E-state index in [1.807, 2.05) is 54.6 Å². The Morgan fingerprint density at radius 3 is 2.57 bits per heavy atom. The first-order valence-corrected chi connectivity index (χ1v) is 6.67. The summed E-state index contributed by atoms with van der Waals surface area (Å²) in [5.74, 6) is 1.37. The molecule has 0 saturated carbocycles. The third kappa shape index (κ3) is 3.27. The van der Waals surface area contributed by atoms with Crippen LogP contribution < -0.4 is 4.74 Å². The Kier molecular flexibility index (Phi) is 3.93. The van der Waals surface area contributed by atoms with Crippen LogP contribution in [0.1, 0.15) is 11.7 Å². The number of nitrogens with zero attached hydrogens (tertiary/aromatic N) is 3. The molecule has 0 aliphatic carbocycles. The van der Waals surface area contributed by atoms with E-state index < -0.39 is 6.10 Å². The highest BCUT2D eigenvalue weighted by Gasteiger charge is 2.14. The standard InChI is InChI=1S/C16H15N3O2/c20-15(12-19-11-10-17-18-19)14-8-4-5-9-16(14)21-13-6-2-1-3-7-13/h1-11,15,20H,12H2. The first kappa shape index (κ1) is 13.3. The molecule has 2 aromatic carbocycles. The summed E-state index contributed by atoms with van der Waals surface area (Å²) in [7, 11) is 0. The maximum atomic E-state index is 10.4. The highest BCUT2D eigenvalue weighted by Crippen LogP contribution is 2.30. The van der Waals surface area contributed by atoms with Crippen LogP contribution in [-0.4, -0.2) is 20.1 Å². The number of aromatic nitrogens is 3. The Morgan fingerprint density at radius 1 is 1.05 bits per heavy atom. The molecule has 5 nitrogen and oxygen atoms in total. The second-order valence-corrected chi connectivity index (χ2v) is 4.59. The van der Waals surface area contributed by atoms with E-state index >= 15 is 0 Å². The van der Waals surface area contributed by atoms with Crippen molar-refractivity contribution in [3.8, 4) is 11.5 Å². The lowest BCUT2D eigenvalue weighted by atomic mass is 10.1. The van der Waals surface area contributed by atoms with Gasteiger partial charge in [0.15, 0.2) is 0 Å². The normalized spacial score (nSPS) is 12.0. The number of aliphatic hydroxyl groups is 1. The predicted octanol–water partition coefficient (Wildman–Crippen LogP) is 2.80. The third-order valence-electron chi connectivity index (χ3n) is 3.08. The lowest BCUT2D eigenvalue weighted by Gasteiger charge is -2.15. The zero-order chi connectivity index (χ0) is 14.5. The first-order valence-electron chi connectivity index (χ1n) is 6.67. The van der Waals surface area contributed by atoms with Crippen LogP contribution in [-0.2, 0) is 6.54 Å². The van der Waals surface area contributed by atoms with Gasteiger partial charge in [-0.2, -0.15) is 0 Å². The molecule has 106 valence electrons. The maximum Gasteiger partial charge on any atom is 0.133 e. The van der Waals surface area contributed by atoms with Gasteiger partial charge in [-0.1, -0.05) is 41.6 Å². The summed E-state index contributed by atoms with van der Waals surface area (Å²) >= 11 is 0. The molecule has 0 spiro atoms. The van der Waals surface area contributed by atoms with E-state index in [1.54, 1.807) is 17.1 Å². The number of para-hydroxylation sites is 2. The zero-order valence-electron chi connectivity index (χ0n) is 11.3. The molecule has 1 unspecified atom stereocenters. The quantitative estimate of drug-likeness (QED) is 0.781. The van der Waals surface area contributed by atoms with Crippen LogP contribution in [0.2, 0.25) is 0 Å². The Balaban J connectivity index is 1.82. The zero-order valence-corrected chi connectivity index (χ0v) is 11.3. The number of ether oxygens (including phenoxy) is 1. The van der Waals surface area contributed by atoms with Gasteiger partial charge in [-0.15, -0.1) is 5.10 Å². The molecule has 0 amide bonds. The van der Waals surface area contributed by atoms with Gasteiger partial charge in [-0.3, -0.25) is 0 Å². The fourth-order valence-corrected chi connectivity index (χ4v) is 2.07. The molecule has 0 saturated heterocycles. The van der Waals surface area contributed by atoms with Crippen molar-refractivity contribution in [2.24, 2.45) is 0 Å². The van der Waals surface area contributed by atoms with Crippen molar-refractivity contribution < 1.29 is 9.84 Å². The SMILES string of the molecule is OC(Cn1ccnn1)c1ccccc1Oc1ccccc1. The third-order valence-corrected chi connectivity index (χ3v) is 3.08. The summed E-state index contributed by atoms with van der Waals surface area (Å²) in [6.07, 6.45) is 2.58. The number of rotatable bonds is 5. The number of hydrogen-bond donors (Lipinski definition) is 1. The topological polar surface area (TPSA) is 60.2 Å². The molecule has 0 radical (unpaired) electrons. The molecular formula is C16H15N3O2. The fourth-order valence-electron chi connectivity index (χ4n) is 2.07. The number of benzene rings is 2. The smallest absolute Gasteiger partial charge is 0.133 e. The van der Waals surface area contributed by atoms with Crippen LogP contribution >= 0.6 is 0 Å². The largest absolute Gasteiger partial charge is 0.457 e. The van der Waals surface area contributed by atoms with Crippen molar-refractivity contribution in [3.05, 3.63) is 72.6 Å². The predicted molar refractivity (Wildman–Crippen MR) is 77.9 cm³/mol. The van der Waals surface area contributed by atoms with Crippen molar-refractivity contribution in [1.29, 1.82) is 0 Å². The maximum absolute atomic E-state index is 10.4. The Labute approximate surface area is 122 Å². The molecule has 1 atom stereocenters. The summed E-state index contributed by atoms with van der Waals surface area (Å²) in [5.41, 5.74) is 0.719. The van der Waals surface area contributed by atoms with Crippen LogP contribution in [0.25, 0.3) is 0 Å². The van der Waals surface area contributed by atoms with Gasteiger partial charge < -0.3 is 9.84 Å². The van der Waals surface area contributed by atoms with Crippen molar-refractivity contribution >= 4 is 0 Å². The lowest BCUT2D eigenvalue weighted by Crippen LogP contribution is -2.10. The van der Waals surface area contributed by atoms with Crippen LogP contribution in [0.4, 0.5) is 0 Å². The van der Waals surface area contributed by atoms with Crippen molar-refractivity contribution in [1.82, 2.24) is 15.0 Å². The molecule has 5 heteroatoms.